The summed E-state index contributed by atoms with van der Waals surface area (Å²) in [6.07, 6.45) is 8.03. The quantitative estimate of drug-likeness (QED) is 0.493. The fraction of sp³-hybridized carbons (Fsp3) is 0.500. The number of amides is 1. The van der Waals surface area contributed by atoms with E-state index in [0.717, 1.165) is 24.8 Å². The van der Waals surface area contributed by atoms with Crippen molar-refractivity contribution in [2.75, 3.05) is 13.7 Å². The number of likely N-dealkylation sites (N-methyl/N-ethyl adjacent to an activating group) is 1. The second-order valence-corrected chi connectivity index (χ2v) is 7.23. The number of carbonyl (C=O) groups is 1. The Labute approximate surface area is 147 Å². The Bertz CT molecular complexity index is 702. The van der Waals surface area contributed by atoms with Crippen LogP contribution < -0.4 is 16.2 Å². The van der Waals surface area contributed by atoms with Crippen LogP contribution in [0.1, 0.15) is 41.1 Å². The second-order valence-electron chi connectivity index (χ2n) is 6.57. The van der Waals surface area contributed by atoms with Gasteiger partial charge in [0, 0.05) is 18.0 Å². The zero-order valence-electron chi connectivity index (χ0n) is 13.7. The number of benzene rings is 1. The van der Waals surface area contributed by atoms with Crippen LogP contribution in [0.2, 0.25) is 0 Å². The van der Waals surface area contributed by atoms with Gasteiger partial charge >= 0.3 is 0 Å². The van der Waals surface area contributed by atoms with Crippen molar-refractivity contribution >= 4 is 17.5 Å². The van der Waals surface area contributed by atoms with Crippen LogP contribution in [0, 0.1) is 12.3 Å². The van der Waals surface area contributed by atoms with Gasteiger partial charge in [-0.3, -0.25) is 9.69 Å². The first kappa shape index (κ1) is 17.1. The highest BCUT2D eigenvalue weighted by molar-refractivity contribution is 6.24. The number of fused-ring (bicyclic) bond motifs is 2. The average molecular weight is 348 g/mol. The molecule has 4 atom stereocenters. The summed E-state index contributed by atoms with van der Waals surface area (Å²) in [5, 5.41) is 0. The molecule has 1 amide bonds. The van der Waals surface area contributed by atoms with Crippen molar-refractivity contribution in [3.63, 3.8) is 0 Å². The van der Waals surface area contributed by atoms with E-state index in [0.29, 0.717) is 17.4 Å². The molecule has 24 heavy (non-hydrogen) atoms. The van der Waals surface area contributed by atoms with Crippen LogP contribution in [-0.2, 0) is 0 Å². The largest absolute Gasteiger partial charge is 0.480 e. The van der Waals surface area contributed by atoms with Gasteiger partial charge in [-0.15, -0.1) is 18.0 Å². The second kappa shape index (κ2) is 6.29. The molecule has 0 radical (unpaired) electrons. The highest BCUT2D eigenvalue weighted by Gasteiger charge is 2.54. The topological polar surface area (TPSA) is 81.6 Å². The van der Waals surface area contributed by atoms with Gasteiger partial charge in [-0.1, -0.05) is 18.1 Å². The van der Waals surface area contributed by atoms with Crippen LogP contribution in [0.3, 0.4) is 0 Å². The summed E-state index contributed by atoms with van der Waals surface area (Å²) >= 11 is 6.84. The van der Waals surface area contributed by atoms with Crippen molar-refractivity contribution in [2.45, 2.75) is 42.3 Å². The minimum atomic E-state index is -0.570. The molecule has 1 aromatic carbocycles. The monoisotopic (exact) mass is 347 g/mol. The van der Waals surface area contributed by atoms with E-state index in [1.807, 2.05) is 13.1 Å². The molecule has 2 aliphatic heterocycles. The number of carbonyl (C=O) groups excluding carboxylic acids is 1. The molecule has 6 heteroatoms. The van der Waals surface area contributed by atoms with Crippen LogP contribution in [0.4, 0.5) is 0 Å². The number of halogens is 1. The summed E-state index contributed by atoms with van der Waals surface area (Å²) in [5.41, 5.74) is 13.2. The summed E-state index contributed by atoms with van der Waals surface area (Å²) in [4.78, 5) is 13.4. The van der Waals surface area contributed by atoms with Crippen molar-refractivity contribution in [1.82, 2.24) is 4.90 Å². The molecule has 0 aliphatic carbocycles. The molecule has 0 saturated carbocycles. The highest BCUT2D eigenvalue weighted by Crippen LogP contribution is 2.51. The predicted octanol–water partition coefficient (Wildman–Crippen LogP) is 1.64. The van der Waals surface area contributed by atoms with Crippen LogP contribution in [0.15, 0.2) is 18.2 Å². The molecule has 128 valence electrons. The summed E-state index contributed by atoms with van der Waals surface area (Å²) in [7, 11) is 2.02. The maximum atomic E-state index is 11.8. The van der Waals surface area contributed by atoms with Gasteiger partial charge in [0.25, 0.3) is 5.91 Å². The summed E-state index contributed by atoms with van der Waals surface area (Å²) < 4.78 is 5.68. The number of primary amides is 1. The first-order chi connectivity index (χ1) is 11.4. The fourth-order valence-corrected chi connectivity index (χ4v) is 4.50. The van der Waals surface area contributed by atoms with Gasteiger partial charge in [0.2, 0.25) is 0 Å². The Morgan fingerprint density at radius 3 is 3.00 bits per heavy atom. The molecular formula is C18H22ClN3O2. The lowest BCUT2D eigenvalue weighted by atomic mass is 9.80. The number of para-hydroxylation sites is 1. The molecule has 2 saturated heterocycles. The van der Waals surface area contributed by atoms with Crippen molar-refractivity contribution in [2.24, 2.45) is 11.5 Å². The molecule has 2 fully saturated rings. The number of terminal acetylenes is 1. The first-order valence-corrected chi connectivity index (χ1v) is 8.44. The van der Waals surface area contributed by atoms with Gasteiger partial charge in [0.15, 0.2) is 0 Å². The molecule has 2 heterocycles. The summed E-state index contributed by atoms with van der Waals surface area (Å²) in [5.74, 6) is 2.30. The van der Waals surface area contributed by atoms with Crippen molar-refractivity contribution in [1.29, 1.82) is 0 Å². The van der Waals surface area contributed by atoms with Gasteiger partial charge < -0.3 is 16.2 Å². The van der Waals surface area contributed by atoms with Gasteiger partial charge in [0.1, 0.15) is 17.4 Å². The molecular weight excluding hydrogens is 326 g/mol. The van der Waals surface area contributed by atoms with E-state index in [-0.39, 0.29) is 18.6 Å². The number of alkyl halides is 1. The molecule has 4 unspecified atom stereocenters. The van der Waals surface area contributed by atoms with Gasteiger partial charge in [-0.05, 0) is 37.9 Å². The van der Waals surface area contributed by atoms with Crippen molar-refractivity contribution < 1.29 is 9.53 Å². The number of ether oxygens (including phenoxy) is 1. The zero-order valence-corrected chi connectivity index (χ0v) is 14.4. The maximum absolute atomic E-state index is 11.8. The number of hydrogen-bond acceptors (Lipinski definition) is 4. The third-order valence-corrected chi connectivity index (χ3v) is 6.15. The van der Waals surface area contributed by atoms with Crippen LogP contribution in [0.25, 0.3) is 0 Å². The molecule has 5 nitrogen and oxygen atoms in total. The van der Waals surface area contributed by atoms with E-state index < -0.39 is 10.9 Å². The zero-order chi connectivity index (χ0) is 17.5. The minimum absolute atomic E-state index is 0.0155. The lowest BCUT2D eigenvalue weighted by Crippen LogP contribution is -2.59. The Morgan fingerprint density at radius 1 is 1.58 bits per heavy atom. The predicted molar refractivity (Wildman–Crippen MR) is 94.0 cm³/mol. The first-order valence-electron chi connectivity index (χ1n) is 8.06. The smallest absolute Gasteiger partial charge is 0.252 e. The molecule has 1 aromatic rings. The van der Waals surface area contributed by atoms with Gasteiger partial charge in [-0.2, -0.15) is 0 Å². The minimum Gasteiger partial charge on any atom is -0.480 e. The van der Waals surface area contributed by atoms with Crippen LogP contribution in [0.5, 0.6) is 5.75 Å². The third-order valence-electron chi connectivity index (χ3n) is 5.44. The van der Waals surface area contributed by atoms with Crippen LogP contribution in [-0.4, -0.2) is 41.5 Å². The number of piperidine rings is 1. The third kappa shape index (κ3) is 2.55. The van der Waals surface area contributed by atoms with E-state index in [4.69, 9.17) is 34.2 Å². The highest BCUT2D eigenvalue weighted by atomic mass is 35.5. The van der Waals surface area contributed by atoms with Crippen molar-refractivity contribution in [3.8, 4) is 18.1 Å². The Morgan fingerprint density at radius 2 is 2.33 bits per heavy atom. The van der Waals surface area contributed by atoms with Crippen molar-refractivity contribution in [3.05, 3.63) is 29.3 Å². The Balaban J connectivity index is 2.05. The van der Waals surface area contributed by atoms with Gasteiger partial charge in [0.05, 0.1) is 5.56 Å². The summed E-state index contributed by atoms with van der Waals surface area (Å²) in [6, 6.07) is 5.45. The molecule has 2 aliphatic rings. The lowest BCUT2D eigenvalue weighted by Gasteiger charge is -2.47. The molecule has 2 bridgehead atoms. The Hall–Kier alpha value is -1.74. The molecule has 0 spiro atoms. The van der Waals surface area contributed by atoms with E-state index in [9.17, 15) is 4.79 Å². The summed E-state index contributed by atoms with van der Waals surface area (Å²) in [6.45, 7) is 0.0641. The SMILES string of the molecule is C#CCOc1c(C(N)=O)cccc1C1CC2CCC(Cl)(C1N)N2C. The number of rotatable bonds is 4. The molecule has 3 rings (SSSR count). The van der Waals surface area contributed by atoms with E-state index in [2.05, 4.69) is 10.8 Å². The van der Waals surface area contributed by atoms with Crippen LogP contribution >= 0.6 is 11.6 Å². The van der Waals surface area contributed by atoms with E-state index in [1.54, 1.807) is 12.1 Å². The lowest BCUT2D eigenvalue weighted by molar-refractivity contribution is 0.0994. The van der Waals surface area contributed by atoms with E-state index in [1.165, 1.54) is 0 Å². The number of nitrogens with zero attached hydrogens (tertiary/aromatic N) is 1. The molecule has 0 aromatic heterocycles. The number of nitrogens with two attached hydrogens (primary N) is 2. The average Bonchev–Trinajstić information content (AvgIpc) is 2.77. The maximum Gasteiger partial charge on any atom is 0.252 e. The Kier molecular flexibility index (Phi) is 4.48. The normalized spacial score (nSPS) is 32.3. The van der Waals surface area contributed by atoms with E-state index >= 15 is 0 Å². The van der Waals surface area contributed by atoms with Gasteiger partial charge in [-0.25, -0.2) is 0 Å². The standard InChI is InChI=1S/C18H22ClN3O2/c1-3-9-24-15-12(5-4-6-13(15)17(21)23)14-10-11-7-8-18(19,16(14)20)22(11)2/h1,4-6,11,14,16H,7-10,20H2,2H3,(H2,21,23). The number of hydrogen-bond donors (Lipinski definition) is 2. The fourth-order valence-electron chi connectivity index (χ4n) is 4.10. The molecule has 4 N–H and O–H groups in total.